The molecule has 0 atom stereocenters. The second kappa shape index (κ2) is 8.04. The molecule has 2 aromatic rings. The number of anilines is 1. The molecule has 1 heterocycles. The summed E-state index contributed by atoms with van der Waals surface area (Å²) in [6.45, 7) is 1.72. The van der Waals surface area contributed by atoms with Crippen molar-refractivity contribution in [3.63, 3.8) is 0 Å². The van der Waals surface area contributed by atoms with Gasteiger partial charge in [-0.3, -0.25) is 4.79 Å². The minimum Gasteiger partial charge on any atom is -0.493 e. The lowest BCUT2D eigenvalue weighted by atomic mass is 10.1. The van der Waals surface area contributed by atoms with E-state index >= 15 is 0 Å². The van der Waals surface area contributed by atoms with Gasteiger partial charge in [0.2, 0.25) is 0 Å². The molecule has 136 valence electrons. The number of benzene rings is 2. The lowest BCUT2D eigenvalue weighted by Crippen LogP contribution is -2.19. The molecule has 5 heteroatoms. The second-order valence-electron chi connectivity index (χ2n) is 6.14. The van der Waals surface area contributed by atoms with Gasteiger partial charge in [0.1, 0.15) is 5.82 Å². The van der Waals surface area contributed by atoms with E-state index in [1.54, 1.807) is 38.5 Å². The molecule has 1 fully saturated rings. The number of methoxy groups -OCH3 is 2. The van der Waals surface area contributed by atoms with Gasteiger partial charge in [-0.25, -0.2) is 4.39 Å². The number of halogens is 1. The third kappa shape index (κ3) is 3.72. The lowest BCUT2D eigenvalue weighted by Gasteiger charge is -2.18. The summed E-state index contributed by atoms with van der Waals surface area (Å²) < 4.78 is 25.0. The average molecular weight is 355 g/mol. The Kier molecular flexibility index (Phi) is 5.56. The molecule has 26 heavy (non-hydrogen) atoms. The number of hydrogen-bond acceptors (Lipinski definition) is 4. The molecular formula is C21H22FNO3. The van der Waals surface area contributed by atoms with Gasteiger partial charge in [0, 0.05) is 24.2 Å². The first kappa shape index (κ1) is 18.0. The standard InChI is InChI=1S/C21H22FNO3/c1-25-20-7-5-6-15(21(20)26-2)9-11-19(24)16-8-10-18(17(22)14-16)23-12-3-4-13-23/h5-11,14H,3-4,12-13H2,1-2H3/b11-9+. The fourth-order valence-corrected chi connectivity index (χ4v) is 3.18. The van der Waals surface area contributed by atoms with Crippen molar-refractivity contribution in [2.75, 3.05) is 32.2 Å². The van der Waals surface area contributed by atoms with Crippen LogP contribution >= 0.6 is 0 Å². The molecule has 0 aromatic heterocycles. The van der Waals surface area contributed by atoms with E-state index in [1.807, 2.05) is 17.0 Å². The predicted molar refractivity (Wildman–Crippen MR) is 101 cm³/mol. The molecule has 0 unspecified atom stereocenters. The molecule has 4 nitrogen and oxygen atoms in total. The highest BCUT2D eigenvalue weighted by molar-refractivity contribution is 6.07. The first-order valence-electron chi connectivity index (χ1n) is 8.62. The normalized spacial score (nSPS) is 14.0. The van der Waals surface area contributed by atoms with Crippen LogP contribution in [0.5, 0.6) is 11.5 Å². The Morgan fingerprint density at radius 1 is 1.12 bits per heavy atom. The minimum atomic E-state index is -0.356. The highest BCUT2D eigenvalue weighted by Crippen LogP contribution is 2.31. The van der Waals surface area contributed by atoms with E-state index in [1.165, 1.54) is 12.1 Å². The van der Waals surface area contributed by atoms with E-state index in [0.29, 0.717) is 28.3 Å². The van der Waals surface area contributed by atoms with Crippen LogP contribution in [-0.4, -0.2) is 33.1 Å². The number of carbonyl (C=O) groups excluding carboxylic acids is 1. The van der Waals surface area contributed by atoms with Crippen LogP contribution in [0.15, 0.2) is 42.5 Å². The molecule has 0 N–H and O–H groups in total. The molecule has 1 aliphatic heterocycles. The molecule has 0 spiro atoms. The maximum absolute atomic E-state index is 14.4. The van der Waals surface area contributed by atoms with Gasteiger partial charge in [0.15, 0.2) is 17.3 Å². The monoisotopic (exact) mass is 355 g/mol. The fourth-order valence-electron chi connectivity index (χ4n) is 3.18. The van der Waals surface area contributed by atoms with E-state index in [9.17, 15) is 9.18 Å². The van der Waals surface area contributed by atoms with Crippen LogP contribution in [-0.2, 0) is 0 Å². The van der Waals surface area contributed by atoms with Crippen molar-refractivity contribution in [3.05, 3.63) is 59.4 Å². The Hall–Kier alpha value is -2.82. The Labute approximate surface area is 152 Å². The summed E-state index contributed by atoms with van der Waals surface area (Å²) in [5.74, 6) is 0.518. The summed E-state index contributed by atoms with van der Waals surface area (Å²) >= 11 is 0. The fraction of sp³-hybridized carbons (Fsp3) is 0.286. The van der Waals surface area contributed by atoms with Gasteiger partial charge < -0.3 is 14.4 Å². The van der Waals surface area contributed by atoms with Crippen LogP contribution in [0.1, 0.15) is 28.8 Å². The van der Waals surface area contributed by atoms with E-state index < -0.39 is 0 Å². The molecule has 1 saturated heterocycles. The summed E-state index contributed by atoms with van der Waals surface area (Å²) in [6.07, 6.45) is 5.22. The number of nitrogens with zero attached hydrogens (tertiary/aromatic N) is 1. The smallest absolute Gasteiger partial charge is 0.185 e. The highest BCUT2D eigenvalue weighted by Gasteiger charge is 2.17. The first-order valence-corrected chi connectivity index (χ1v) is 8.62. The van der Waals surface area contributed by atoms with Gasteiger partial charge in [0.25, 0.3) is 0 Å². The topological polar surface area (TPSA) is 38.8 Å². The third-order valence-corrected chi connectivity index (χ3v) is 4.53. The van der Waals surface area contributed by atoms with Crippen LogP contribution in [0.2, 0.25) is 0 Å². The molecule has 0 aliphatic carbocycles. The summed E-state index contributed by atoms with van der Waals surface area (Å²) in [5.41, 5.74) is 1.61. The summed E-state index contributed by atoms with van der Waals surface area (Å²) in [5, 5.41) is 0. The zero-order valence-electron chi connectivity index (χ0n) is 15.0. The van der Waals surface area contributed by atoms with E-state index in [-0.39, 0.29) is 11.6 Å². The molecule has 0 amide bonds. The quantitative estimate of drug-likeness (QED) is 0.571. The number of hydrogen-bond donors (Lipinski definition) is 0. The number of ether oxygens (including phenoxy) is 2. The first-order chi connectivity index (χ1) is 12.6. The number of ketones is 1. The molecule has 0 bridgehead atoms. The van der Waals surface area contributed by atoms with E-state index in [0.717, 1.165) is 25.9 Å². The lowest BCUT2D eigenvalue weighted by molar-refractivity contribution is 0.104. The van der Waals surface area contributed by atoms with Crippen LogP contribution < -0.4 is 14.4 Å². The Balaban J connectivity index is 1.80. The van der Waals surface area contributed by atoms with Crippen molar-refractivity contribution in [1.82, 2.24) is 0 Å². The summed E-state index contributed by atoms with van der Waals surface area (Å²) in [6, 6.07) is 10.1. The Morgan fingerprint density at radius 3 is 2.54 bits per heavy atom. The molecular weight excluding hydrogens is 333 g/mol. The average Bonchev–Trinajstić information content (AvgIpc) is 3.19. The van der Waals surface area contributed by atoms with Crippen molar-refractivity contribution < 1.29 is 18.7 Å². The Bertz CT molecular complexity index is 826. The van der Waals surface area contributed by atoms with Gasteiger partial charge in [-0.05, 0) is 49.3 Å². The van der Waals surface area contributed by atoms with Gasteiger partial charge >= 0.3 is 0 Å². The molecule has 3 rings (SSSR count). The van der Waals surface area contributed by atoms with Gasteiger partial charge in [-0.15, -0.1) is 0 Å². The minimum absolute atomic E-state index is 0.262. The number of rotatable bonds is 6. The van der Waals surface area contributed by atoms with E-state index in [2.05, 4.69) is 0 Å². The number of allylic oxidation sites excluding steroid dienone is 1. The molecule has 0 saturated carbocycles. The second-order valence-corrected chi connectivity index (χ2v) is 6.14. The largest absolute Gasteiger partial charge is 0.493 e. The van der Waals surface area contributed by atoms with E-state index in [4.69, 9.17) is 9.47 Å². The zero-order valence-corrected chi connectivity index (χ0v) is 15.0. The summed E-state index contributed by atoms with van der Waals surface area (Å²) in [4.78, 5) is 14.4. The molecule has 2 aromatic carbocycles. The SMILES string of the molecule is COc1cccc(/C=C/C(=O)c2ccc(N3CCCC3)c(F)c2)c1OC. The number of para-hydroxylation sites is 1. The Morgan fingerprint density at radius 2 is 1.88 bits per heavy atom. The number of carbonyl (C=O) groups is 1. The van der Waals surface area contributed by atoms with Gasteiger partial charge in [-0.2, -0.15) is 0 Å². The van der Waals surface area contributed by atoms with Gasteiger partial charge in [-0.1, -0.05) is 12.1 Å². The van der Waals surface area contributed by atoms with Crippen molar-refractivity contribution in [2.45, 2.75) is 12.8 Å². The van der Waals surface area contributed by atoms with Crippen molar-refractivity contribution in [2.24, 2.45) is 0 Å². The predicted octanol–water partition coefficient (Wildman–Crippen LogP) is 4.34. The molecule has 0 radical (unpaired) electrons. The zero-order chi connectivity index (χ0) is 18.5. The maximum Gasteiger partial charge on any atom is 0.185 e. The third-order valence-electron chi connectivity index (χ3n) is 4.53. The van der Waals surface area contributed by atoms with Crippen molar-refractivity contribution in [1.29, 1.82) is 0 Å². The van der Waals surface area contributed by atoms with Gasteiger partial charge in [0.05, 0.1) is 19.9 Å². The van der Waals surface area contributed by atoms with Crippen LogP contribution in [0, 0.1) is 5.82 Å². The van der Waals surface area contributed by atoms with Crippen LogP contribution in [0.3, 0.4) is 0 Å². The van der Waals surface area contributed by atoms with Crippen LogP contribution in [0.4, 0.5) is 10.1 Å². The molecule has 1 aliphatic rings. The summed E-state index contributed by atoms with van der Waals surface area (Å²) in [7, 11) is 3.10. The maximum atomic E-state index is 14.4. The van der Waals surface area contributed by atoms with Crippen molar-refractivity contribution in [3.8, 4) is 11.5 Å². The van der Waals surface area contributed by atoms with Crippen LogP contribution in [0.25, 0.3) is 6.08 Å². The highest BCUT2D eigenvalue weighted by atomic mass is 19.1. The van der Waals surface area contributed by atoms with Crippen molar-refractivity contribution >= 4 is 17.5 Å².